The van der Waals surface area contributed by atoms with Crippen LogP contribution in [0.2, 0.25) is 5.02 Å². The number of hydrogen-bond acceptors (Lipinski definition) is 2. The van der Waals surface area contributed by atoms with Crippen LogP contribution < -0.4 is 5.32 Å². The first-order chi connectivity index (χ1) is 7.27. The van der Waals surface area contributed by atoms with E-state index in [-0.39, 0.29) is 11.2 Å². The molecule has 0 aliphatic carbocycles. The van der Waals surface area contributed by atoms with E-state index in [1.807, 2.05) is 24.3 Å². The van der Waals surface area contributed by atoms with Gasteiger partial charge in [-0.25, -0.2) is 0 Å². The van der Waals surface area contributed by atoms with Crippen LogP contribution in [0.4, 0.5) is 0 Å². The molecule has 1 aromatic rings. The van der Waals surface area contributed by atoms with Crippen LogP contribution in [0.15, 0.2) is 24.3 Å². The van der Waals surface area contributed by atoms with Gasteiger partial charge in [0.15, 0.2) is 0 Å². The van der Waals surface area contributed by atoms with Gasteiger partial charge in [0.1, 0.15) is 0 Å². The minimum absolute atomic E-state index is 0.116. The maximum Gasteiger partial charge on any atom is 0.221 e. The molecule has 80 valence electrons. The van der Waals surface area contributed by atoms with E-state index in [2.05, 4.69) is 5.32 Å². The number of carbonyl (C=O) groups excluding carboxylic acids is 1. The lowest BCUT2D eigenvalue weighted by atomic mass is 10.1. The van der Waals surface area contributed by atoms with Gasteiger partial charge in [-0.1, -0.05) is 29.8 Å². The molecule has 0 unspecified atom stereocenters. The van der Waals surface area contributed by atoms with Gasteiger partial charge >= 0.3 is 0 Å². The van der Waals surface area contributed by atoms with Gasteiger partial charge in [-0.3, -0.25) is 4.79 Å². The fourth-order valence-electron chi connectivity index (χ4n) is 1.63. The Kier molecular flexibility index (Phi) is 3.54. The van der Waals surface area contributed by atoms with Crippen LogP contribution in [0.3, 0.4) is 0 Å². The van der Waals surface area contributed by atoms with E-state index in [4.69, 9.17) is 11.6 Å². The molecule has 0 radical (unpaired) electrons. The van der Waals surface area contributed by atoms with E-state index in [1.165, 1.54) is 0 Å². The summed E-state index contributed by atoms with van der Waals surface area (Å²) in [5, 5.41) is 3.81. The predicted octanol–water partition coefficient (Wildman–Crippen LogP) is 2.63. The SMILES string of the molecule is O=C1C[C@H](c2ccccc2Cl)SCCN1. The molecule has 0 spiro atoms. The van der Waals surface area contributed by atoms with Gasteiger partial charge in [0, 0.05) is 29.0 Å². The summed E-state index contributed by atoms with van der Waals surface area (Å²) in [4.78, 5) is 11.4. The van der Waals surface area contributed by atoms with Crippen LogP contribution in [-0.4, -0.2) is 18.2 Å². The monoisotopic (exact) mass is 241 g/mol. The first kappa shape index (κ1) is 10.8. The molecule has 0 aromatic heterocycles. The summed E-state index contributed by atoms with van der Waals surface area (Å²) in [6.45, 7) is 0.754. The zero-order valence-electron chi connectivity index (χ0n) is 8.20. The first-order valence-electron chi connectivity index (χ1n) is 4.90. The van der Waals surface area contributed by atoms with Crippen LogP contribution >= 0.6 is 23.4 Å². The Morgan fingerprint density at radius 3 is 3.00 bits per heavy atom. The van der Waals surface area contributed by atoms with Gasteiger partial charge in [-0.15, -0.1) is 0 Å². The molecule has 2 rings (SSSR count). The van der Waals surface area contributed by atoms with E-state index >= 15 is 0 Å². The Morgan fingerprint density at radius 2 is 2.20 bits per heavy atom. The van der Waals surface area contributed by atoms with Crippen molar-refractivity contribution in [1.29, 1.82) is 0 Å². The molecule has 1 N–H and O–H groups in total. The predicted molar refractivity (Wildman–Crippen MR) is 64.3 cm³/mol. The van der Waals surface area contributed by atoms with Gasteiger partial charge in [-0.05, 0) is 11.6 Å². The molecule has 1 saturated heterocycles. The van der Waals surface area contributed by atoms with Crippen molar-refractivity contribution in [2.24, 2.45) is 0 Å². The van der Waals surface area contributed by atoms with Crippen molar-refractivity contribution in [1.82, 2.24) is 5.32 Å². The fourth-order valence-corrected chi connectivity index (χ4v) is 3.12. The third kappa shape index (κ3) is 2.67. The summed E-state index contributed by atoms with van der Waals surface area (Å²) in [6, 6.07) is 7.75. The highest BCUT2D eigenvalue weighted by Crippen LogP contribution is 2.36. The van der Waals surface area contributed by atoms with Gasteiger partial charge in [-0.2, -0.15) is 11.8 Å². The molecule has 0 saturated carbocycles. The van der Waals surface area contributed by atoms with Gasteiger partial charge < -0.3 is 5.32 Å². The molecular formula is C11H12ClNOS. The van der Waals surface area contributed by atoms with Crippen LogP contribution in [0, 0.1) is 0 Å². The normalized spacial score (nSPS) is 21.9. The number of nitrogens with one attached hydrogen (secondary N) is 1. The highest BCUT2D eigenvalue weighted by molar-refractivity contribution is 7.99. The molecule has 1 aliphatic rings. The number of thioether (sulfide) groups is 1. The second kappa shape index (κ2) is 4.90. The fraction of sp³-hybridized carbons (Fsp3) is 0.364. The number of amides is 1. The van der Waals surface area contributed by atoms with Crippen molar-refractivity contribution in [2.45, 2.75) is 11.7 Å². The quantitative estimate of drug-likeness (QED) is 0.819. The molecular weight excluding hydrogens is 230 g/mol. The van der Waals surface area contributed by atoms with Gasteiger partial charge in [0.05, 0.1) is 0 Å². The van der Waals surface area contributed by atoms with Crippen molar-refractivity contribution in [3.05, 3.63) is 34.9 Å². The third-order valence-corrected chi connectivity index (χ3v) is 3.97. The minimum atomic E-state index is 0.116. The lowest BCUT2D eigenvalue weighted by Gasteiger charge is -2.13. The molecule has 1 heterocycles. The lowest BCUT2D eigenvalue weighted by Crippen LogP contribution is -2.23. The van der Waals surface area contributed by atoms with Crippen LogP contribution in [0.25, 0.3) is 0 Å². The number of rotatable bonds is 1. The van der Waals surface area contributed by atoms with Crippen LogP contribution in [0.5, 0.6) is 0 Å². The average Bonchev–Trinajstić information content (AvgIpc) is 2.43. The smallest absolute Gasteiger partial charge is 0.221 e. The molecule has 4 heteroatoms. The summed E-state index contributed by atoms with van der Waals surface area (Å²) < 4.78 is 0. The Balaban J connectivity index is 2.22. The van der Waals surface area contributed by atoms with E-state index < -0.39 is 0 Å². The van der Waals surface area contributed by atoms with Crippen molar-refractivity contribution >= 4 is 29.3 Å². The number of benzene rings is 1. The van der Waals surface area contributed by atoms with Crippen LogP contribution in [-0.2, 0) is 4.79 Å². The Labute approximate surface area is 98.4 Å². The van der Waals surface area contributed by atoms with Gasteiger partial charge in [0.25, 0.3) is 0 Å². The standard InChI is InChI=1S/C11H12ClNOS/c12-9-4-2-1-3-8(9)10-7-11(14)13-5-6-15-10/h1-4,10H,5-7H2,(H,13,14)/t10-/m1/s1. The van der Waals surface area contributed by atoms with Crippen molar-refractivity contribution in [3.8, 4) is 0 Å². The topological polar surface area (TPSA) is 29.1 Å². The third-order valence-electron chi connectivity index (χ3n) is 2.37. The summed E-state index contributed by atoms with van der Waals surface area (Å²) >= 11 is 7.90. The Hall–Kier alpha value is -0.670. The molecule has 1 amide bonds. The number of hydrogen-bond donors (Lipinski definition) is 1. The highest BCUT2D eigenvalue weighted by atomic mass is 35.5. The number of carbonyl (C=O) groups is 1. The molecule has 1 aliphatic heterocycles. The van der Waals surface area contributed by atoms with Crippen molar-refractivity contribution < 1.29 is 4.79 Å². The van der Waals surface area contributed by atoms with E-state index in [0.717, 1.165) is 22.9 Å². The van der Waals surface area contributed by atoms with E-state index in [0.29, 0.717) is 6.42 Å². The van der Waals surface area contributed by atoms with Crippen molar-refractivity contribution in [2.75, 3.05) is 12.3 Å². The average molecular weight is 242 g/mol. The lowest BCUT2D eigenvalue weighted by molar-refractivity contribution is -0.120. The Bertz CT molecular complexity index is 369. The molecule has 2 nitrogen and oxygen atoms in total. The summed E-state index contributed by atoms with van der Waals surface area (Å²) in [5.41, 5.74) is 1.07. The number of halogens is 1. The first-order valence-corrected chi connectivity index (χ1v) is 6.33. The summed E-state index contributed by atoms with van der Waals surface area (Å²) in [5.74, 6) is 1.06. The molecule has 15 heavy (non-hydrogen) atoms. The zero-order chi connectivity index (χ0) is 10.7. The second-order valence-corrected chi connectivity index (χ2v) is 5.15. The van der Waals surface area contributed by atoms with Crippen LogP contribution in [0.1, 0.15) is 17.2 Å². The summed E-state index contributed by atoms with van der Waals surface area (Å²) in [6.07, 6.45) is 0.522. The second-order valence-electron chi connectivity index (χ2n) is 3.44. The van der Waals surface area contributed by atoms with Crippen molar-refractivity contribution in [3.63, 3.8) is 0 Å². The minimum Gasteiger partial charge on any atom is -0.355 e. The maximum atomic E-state index is 11.4. The molecule has 0 bridgehead atoms. The van der Waals surface area contributed by atoms with E-state index in [1.54, 1.807) is 11.8 Å². The molecule has 1 fully saturated rings. The molecule has 1 aromatic carbocycles. The maximum absolute atomic E-state index is 11.4. The molecule has 1 atom stereocenters. The largest absolute Gasteiger partial charge is 0.355 e. The van der Waals surface area contributed by atoms with Gasteiger partial charge in [0.2, 0.25) is 5.91 Å². The zero-order valence-corrected chi connectivity index (χ0v) is 9.77. The Morgan fingerprint density at radius 1 is 1.40 bits per heavy atom. The highest BCUT2D eigenvalue weighted by Gasteiger charge is 2.21. The summed E-state index contributed by atoms with van der Waals surface area (Å²) in [7, 11) is 0. The van der Waals surface area contributed by atoms with E-state index in [9.17, 15) is 4.79 Å².